The summed E-state index contributed by atoms with van der Waals surface area (Å²) in [5.74, 6) is -0.908. The molecule has 0 aliphatic carbocycles. The molecule has 1 fully saturated rings. The Balaban J connectivity index is 1.83. The molecule has 1 atom stereocenters. The highest BCUT2D eigenvalue weighted by Gasteiger charge is 2.52. The SMILES string of the molecule is C[C@]1(c2ccco2)NC(=O)N(NC(=O)c2cccc(Br)c2)C1=O. The van der Waals surface area contributed by atoms with Gasteiger partial charge in [0.25, 0.3) is 11.8 Å². The summed E-state index contributed by atoms with van der Waals surface area (Å²) < 4.78 is 5.92. The Labute approximate surface area is 139 Å². The zero-order chi connectivity index (χ0) is 16.6. The Hall–Kier alpha value is -2.61. The molecule has 0 unspecified atom stereocenters. The van der Waals surface area contributed by atoms with Crippen LogP contribution in [0.5, 0.6) is 0 Å². The summed E-state index contributed by atoms with van der Waals surface area (Å²) in [6, 6.07) is 9.07. The van der Waals surface area contributed by atoms with Gasteiger partial charge in [-0.05, 0) is 37.3 Å². The van der Waals surface area contributed by atoms with Gasteiger partial charge >= 0.3 is 6.03 Å². The zero-order valence-corrected chi connectivity index (χ0v) is 13.6. The molecule has 7 nitrogen and oxygen atoms in total. The van der Waals surface area contributed by atoms with E-state index in [1.165, 1.54) is 13.2 Å². The van der Waals surface area contributed by atoms with Gasteiger partial charge in [-0.15, -0.1) is 0 Å². The number of carbonyl (C=O) groups is 3. The fourth-order valence-electron chi connectivity index (χ4n) is 2.27. The van der Waals surface area contributed by atoms with Crippen molar-refractivity contribution >= 4 is 33.8 Å². The summed E-state index contributed by atoms with van der Waals surface area (Å²) in [6.45, 7) is 1.51. The van der Waals surface area contributed by atoms with E-state index < -0.39 is 23.4 Å². The van der Waals surface area contributed by atoms with Crippen LogP contribution in [0.2, 0.25) is 0 Å². The molecular formula is C15H12BrN3O4. The second kappa shape index (κ2) is 5.54. The number of nitrogens with one attached hydrogen (secondary N) is 2. The van der Waals surface area contributed by atoms with Crippen molar-refractivity contribution in [3.05, 3.63) is 58.5 Å². The molecule has 1 aromatic carbocycles. The number of hydrogen-bond acceptors (Lipinski definition) is 4. The van der Waals surface area contributed by atoms with Gasteiger partial charge in [0, 0.05) is 10.0 Å². The quantitative estimate of drug-likeness (QED) is 0.801. The van der Waals surface area contributed by atoms with Gasteiger partial charge in [0.2, 0.25) is 0 Å². The second-order valence-corrected chi connectivity index (χ2v) is 6.04. The van der Waals surface area contributed by atoms with E-state index in [4.69, 9.17) is 4.42 Å². The van der Waals surface area contributed by atoms with Gasteiger partial charge in [-0.25, -0.2) is 4.79 Å². The standard InChI is InChI=1S/C15H12BrN3O4/c1-15(11-6-3-7-23-11)13(21)19(14(22)17-15)18-12(20)9-4-2-5-10(16)8-9/h2-8H,1H3,(H,17,22)(H,18,20)/t15-/m1/s1. The Bertz CT molecular complexity index is 790. The highest BCUT2D eigenvalue weighted by molar-refractivity contribution is 9.10. The molecule has 1 aromatic heterocycles. The molecular weight excluding hydrogens is 366 g/mol. The van der Waals surface area contributed by atoms with Crippen LogP contribution in [0.15, 0.2) is 51.6 Å². The normalized spacial score (nSPS) is 20.5. The minimum Gasteiger partial charge on any atom is -0.466 e. The molecule has 1 saturated heterocycles. The summed E-state index contributed by atoms with van der Waals surface area (Å²) in [5, 5.41) is 3.18. The predicted octanol–water partition coefficient (Wildman–Crippen LogP) is 2.15. The predicted molar refractivity (Wildman–Crippen MR) is 83.0 cm³/mol. The van der Waals surface area contributed by atoms with E-state index in [1.54, 1.807) is 36.4 Å². The van der Waals surface area contributed by atoms with Crippen LogP contribution in [-0.2, 0) is 10.3 Å². The monoisotopic (exact) mass is 377 g/mol. The van der Waals surface area contributed by atoms with Crippen LogP contribution in [0.4, 0.5) is 4.79 Å². The summed E-state index contributed by atoms with van der Waals surface area (Å²) in [4.78, 5) is 36.8. The molecule has 4 amide bonds. The number of benzene rings is 1. The fraction of sp³-hybridized carbons (Fsp3) is 0.133. The molecule has 8 heteroatoms. The van der Waals surface area contributed by atoms with Gasteiger partial charge in [0.05, 0.1) is 6.26 Å². The molecule has 2 N–H and O–H groups in total. The molecule has 23 heavy (non-hydrogen) atoms. The highest BCUT2D eigenvalue weighted by Crippen LogP contribution is 2.28. The minimum atomic E-state index is -1.36. The lowest BCUT2D eigenvalue weighted by atomic mass is 10.00. The lowest BCUT2D eigenvalue weighted by molar-refractivity contribution is -0.133. The molecule has 2 heterocycles. The maximum absolute atomic E-state index is 12.5. The molecule has 3 rings (SSSR count). The van der Waals surface area contributed by atoms with E-state index in [0.717, 1.165) is 0 Å². The lowest BCUT2D eigenvalue weighted by Crippen LogP contribution is -2.47. The third-order valence-corrected chi connectivity index (χ3v) is 4.00. The first-order valence-electron chi connectivity index (χ1n) is 6.69. The molecule has 1 aliphatic heterocycles. The van der Waals surface area contributed by atoms with Gasteiger partial charge in [-0.3, -0.25) is 15.0 Å². The maximum Gasteiger partial charge on any atom is 0.344 e. The zero-order valence-electron chi connectivity index (χ0n) is 12.0. The number of hydrazine groups is 1. The van der Waals surface area contributed by atoms with Crippen molar-refractivity contribution in [1.29, 1.82) is 0 Å². The van der Waals surface area contributed by atoms with Gasteiger partial charge in [0.1, 0.15) is 5.76 Å². The summed E-state index contributed by atoms with van der Waals surface area (Å²) in [6.07, 6.45) is 1.41. The van der Waals surface area contributed by atoms with E-state index in [-0.39, 0.29) is 5.76 Å². The number of rotatable bonds is 3. The van der Waals surface area contributed by atoms with E-state index in [1.807, 2.05) is 0 Å². The van der Waals surface area contributed by atoms with Crippen LogP contribution >= 0.6 is 15.9 Å². The maximum atomic E-state index is 12.5. The Morgan fingerprint density at radius 3 is 2.74 bits per heavy atom. The van der Waals surface area contributed by atoms with Crippen LogP contribution < -0.4 is 10.7 Å². The molecule has 118 valence electrons. The Kier molecular flexibility index (Phi) is 3.69. The number of carbonyl (C=O) groups excluding carboxylic acids is 3. The van der Waals surface area contributed by atoms with E-state index in [2.05, 4.69) is 26.7 Å². The molecule has 0 bridgehead atoms. The number of furan rings is 1. The minimum absolute atomic E-state index is 0.287. The summed E-state index contributed by atoms with van der Waals surface area (Å²) >= 11 is 3.26. The van der Waals surface area contributed by atoms with E-state index >= 15 is 0 Å². The molecule has 0 spiro atoms. The number of halogens is 1. The topological polar surface area (TPSA) is 91.7 Å². The van der Waals surface area contributed by atoms with Crippen LogP contribution in [-0.4, -0.2) is 22.9 Å². The molecule has 1 aliphatic rings. The van der Waals surface area contributed by atoms with Crippen LogP contribution in [0.1, 0.15) is 23.0 Å². The van der Waals surface area contributed by atoms with Crippen LogP contribution in [0, 0.1) is 0 Å². The van der Waals surface area contributed by atoms with Crippen LogP contribution in [0.3, 0.4) is 0 Å². The highest BCUT2D eigenvalue weighted by atomic mass is 79.9. The lowest BCUT2D eigenvalue weighted by Gasteiger charge is -2.19. The van der Waals surface area contributed by atoms with Crippen molar-refractivity contribution in [2.75, 3.05) is 0 Å². The average Bonchev–Trinajstić information content (AvgIpc) is 3.12. The number of urea groups is 1. The first-order chi connectivity index (χ1) is 10.9. The van der Waals surface area contributed by atoms with Gasteiger partial charge in [-0.2, -0.15) is 5.01 Å². The average molecular weight is 378 g/mol. The summed E-state index contributed by atoms with van der Waals surface area (Å²) in [5.41, 5.74) is 1.26. The number of hydrogen-bond donors (Lipinski definition) is 2. The first kappa shape index (κ1) is 15.3. The Morgan fingerprint density at radius 2 is 2.09 bits per heavy atom. The van der Waals surface area contributed by atoms with Crippen molar-refractivity contribution in [2.24, 2.45) is 0 Å². The molecule has 0 radical (unpaired) electrons. The first-order valence-corrected chi connectivity index (χ1v) is 7.48. The second-order valence-electron chi connectivity index (χ2n) is 5.12. The van der Waals surface area contributed by atoms with Crippen molar-refractivity contribution in [3.63, 3.8) is 0 Å². The van der Waals surface area contributed by atoms with Crippen molar-refractivity contribution < 1.29 is 18.8 Å². The molecule has 2 aromatic rings. The van der Waals surface area contributed by atoms with Crippen molar-refractivity contribution in [2.45, 2.75) is 12.5 Å². The smallest absolute Gasteiger partial charge is 0.344 e. The third-order valence-electron chi connectivity index (χ3n) is 3.50. The van der Waals surface area contributed by atoms with Crippen molar-refractivity contribution in [1.82, 2.24) is 15.8 Å². The number of nitrogens with zero attached hydrogens (tertiary/aromatic N) is 1. The van der Waals surface area contributed by atoms with E-state index in [0.29, 0.717) is 15.0 Å². The van der Waals surface area contributed by atoms with Gasteiger partial charge < -0.3 is 9.73 Å². The molecule has 0 saturated carbocycles. The van der Waals surface area contributed by atoms with Crippen molar-refractivity contribution in [3.8, 4) is 0 Å². The van der Waals surface area contributed by atoms with Gasteiger partial charge in [-0.1, -0.05) is 22.0 Å². The largest absolute Gasteiger partial charge is 0.466 e. The summed E-state index contributed by atoms with van der Waals surface area (Å²) in [7, 11) is 0. The number of imide groups is 1. The fourth-order valence-corrected chi connectivity index (χ4v) is 2.67. The van der Waals surface area contributed by atoms with Gasteiger partial charge in [0.15, 0.2) is 5.54 Å². The van der Waals surface area contributed by atoms with E-state index in [9.17, 15) is 14.4 Å². The Morgan fingerprint density at radius 1 is 1.30 bits per heavy atom. The third kappa shape index (κ3) is 2.61. The number of amides is 4. The van der Waals surface area contributed by atoms with Crippen LogP contribution in [0.25, 0.3) is 0 Å².